The SMILES string of the molecule is Cc1ccoc1C(=O)NCc1sccc1Br. The van der Waals surface area contributed by atoms with Crippen molar-refractivity contribution in [2.45, 2.75) is 13.5 Å². The summed E-state index contributed by atoms with van der Waals surface area (Å²) in [6.45, 7) is 2.36. The quantitative estimate of drug-likeness (QED) is 0.944. The molecule has 1 N–H and O–H groups in total. The summed E-state index contributed by atoms with van der Waals surface area (Å²) in [7, 11) is 0. The molecule has 16 heavy (non-hydrogen) atoms. The van der Waals surface area contributed by atoms with Gasteiger partial charge in [-0.2, -0.15) is 0 Å². The van der Waals surface area contributed by atoms with Gasteiger partial charge in [0.15, 0.2) is 5.76 Å². The van der Waals surface area contributed by atoms with E-state index in [1.807, 2.05) is 18.4 Å². The van der Waals surface area contributed by atoms with Crippen molar-refractivity contribution in [1.82, 2.24) is 5.32 Å². The van der Waals surface area contributed by atoms with Crippen LogP contribution in [0.2, 0.25) is 0 Å². The maximum atomic E-state index is 11.7. The molecule has 0 aliphatic carbocycles. The smallest absolute Gasteiger partial charge is 0.287 e. The molecule has 1 amide bonds. The van der Waals surface area contributed by atoms with Gasteiger partial charge in [-0.05, 0) is 40.4 Å². The number of carbonyl (C=O) groups excluding carboxylic acids is 1. The van der Waals surface area contributed by atoms with Crippen LogP contribution in [0.4, 0.5) is 0 Å². The fraction of sp³-hybridized carbons (Fsp3) is 0.182. The van der Waals surface area contributed by atoms with E-state index in [0.717, 1.165) is 14.9 Å². The van der Waals surface area contributed by atoms with Gasteiger partial charge in [-0.25, -0.2) is 0 Å². The Bertz CT molecular complexity index is 504. The molecule has 84 valence electrons. The number of nitrogens with one attached hydrogen (secondary N) is 1. The Morgan fingerprint density at radius 1 is 1.56 bits per heavy atom. The molecule has 2 heterocycles. The van der Waals surface area contributed by atoms with Crippen molar-refractivity contribution in [3.05, 3.63) is 44.4 Å². The van der Waals surface area contributed by atoms with E-state index in [2.05, 4.69) is 21.2 Å². The molecule has 0 bridgehead atoms. The number of furan rings is 1. The van der Waals surface area contributed by atoms with Crippen LogP contribution in [0.5, 0.6) is 0 Å². The van der Waals surface area contributed by atoms with Crippen LogP contribution in [0.25, 0.3) is 0 Å². The first-order chi connectivity index (χ1) is 7.68. The number of aryl methyl sites for hydroxylation is 1. The Balaban J connectivity index is 1.99. The zero-order valence-corrected chi connectivity index (χ0v) is 11.0. The molecule has 2 aromatic rings. The molecule has 0 aliphatic heterocycles. The molecule has 0 atom stereocenters. The number of thiophene rings is 1. The van der Waals surface area contributed by atoms with Crippen molar-refractivity contribution in [3.63, 3.8) is 0 Å². The molecule has 0 radical (unpaired) electrons. The normalized spacial score (nSPS) is 10.4. The average molecular weight is 300 g/mol. The molecule has 0 aromatic carbocycles. The van der Waals surface area contributed by atoms with Gasteiger partial charge < -0.3 is 9.73 Å². The fourth-order valence-electron chi connectivity index (χ4n) is 1.30. The standard InChI is InChI=1S/C11H10BrNO2S/c1-7-2-4-15-10(7)11(14)13-6-9-8(12)3-5-16-9/h2-5H,6H2,1H3,(H,13,14). The molecule has 3 nitrogen and oxygen atoms in total. The van der Waals surface area contributed by atoms with Gasteiger partial charge in [0.25, 0.3) is 5.91 Å². The Morgan fingerprint density at radius 3 is 2.94 bits per heavy atom. The molecule has 5 heteroatoms. The third-order valence-electron chi connectivity index (χ3n) is 2.17. The highest BCUT2D eigenvalue weighted by molar-refractivity contribution is 9.10. The molecule has 0 fully saturated rings. The highest BCUT2D eigenvalue weighted by atomic mass is 79.9. The summed E-state index contributed by atoms with van der Waals surface area (Å²) in [6.07, 6.45) is 1.52. The number of amides is 1. The lowest BCUT2D eigenvalue weighted by atomic mass is 10.2. The largest absolute Gasteiger partial charge is 0.459 e. The molecular weight excluding hydrogens is 290 g/mol. The van der Waals surface area contributed by atoms with E-state index in [0.29, 0.717) is 12.3 Å². The molecule has 0 saturated carbocycles. The first kappa shape index (κ1) is 11.4. The summed E-state index contributed by atoms with van der Waals surface area (Å²) in [5.74, 6) is 0.204. The van der Waals surface area contributed by atoms with Crippen molar-refractivity contribution in [1.29, 1.82) is 0 Å². The maximum Gasteiger partial charge on any atom is 0.287 e. The van der Waals surface area contributed by atoms with Crippen LogP contribution in [0, 0.1) is 6.92 Å². The van der Waals surface area contributed by atoms with Gasteiger partial charge in [-0.3, -0.25) is 4.79 Å². The van der Waals surface area contributed by atoms with Gasteiger partial charge >= 0.3 is 0 Å². The van der Waals surface area contributed by atoms with Crippen LogP contribution >= 0.6 is 27.3 Å². The van der Waals surface area contributed by atoms with E-state index in [-0.39, 0.29) is 5.91 Å². The summed E-state index contributed by atoms with van der Waals surface area (Å²) in [6, 6.07) is 3.74. The number of carbonyl (C=O) groups is 1. The Kier molecular flexibility index (Phi) is 3.46. The summed E-state index contributed by atoms with van der Waals surface area (Å²) in [5, 5.41) is 4.79. The van der Waals surface area contributed by atoms with E-state index >= 15 is 0 Å². The van der Waals surface area contributed by atoms with E-state index in [1.165, 1.54) is 6.26 Å². The highest BCUT2D eigenvalue weighted by Gasteiger charge is 2.12. The van der Waals surface area contributed by atoms with E-state index in [1.54, 1.807) is 17.4 Å². The minimum atomic E-state index is -0.178. The van der Waals surface area contributed by atoms with Crippen molar-refractivity contribution in [2.24, 2.45) is 0 Å². The number of halogens is 1. The molecule has 0 saturated heterocycles. The topological polar surface area (TPSA) is 42.2 Å². The predicted octanol–water partition coefficient (Wildman–Crippen LogP) is 3.34. The molecule has 0 aliphatic rings. The lowest BCUT2D eigenvalue weighted by molar-refractivity contribution is 0.0922. The van der Waals surface area contributed by atoms with Gasteiger partial charge in [0.05, 0.1) is 12.8 Å². The number of rotatable bonds is 3. The van der Waals surface area contributed by atoms with Crippen LogP contribution in [0.15, 0.2) is 32.7 Å². The second-order valence-electron chi connectivity index (χ2n) is 3.31. The molecular formula is C11H10BrNO2S. The van der Waals surface area contributed by atoms with Crippen LogP contribution in [0.3, 0.4) is 0 Å². The van der Waals surface area contributed by atoms with E-state index < -0.39 is 0 Å². The minimum Gasteiger partial charge on any atom is -0.459 e. The third-order valence-corrected chi connectivity index (χ3v) is 4.10. The molecule has 2 rings (SSSR count). The lowest BCUT2D eigenvalue weighted by Crippen LogP contribution is -2.22. The van der Waals surface area contributed by atoms with E-state index in [4.69, 9.17) is 4.42 Å². The minimum absolute atomic E-state index is 0.178. The van der Waals surface area contributed by atoms with Crippen molar-refractivity contribution < 1.29 is 9.21 Å². The molecule has 0 spiro atoms. The van der Waals surface area contributed by atoms with Gasteiger partial charge in [-0.1, -0.05) is 0 Å². The van der Waals surface area contributed by atoms with Gasteiger partial charge in [0.1, 0.15) is 0 Å². The number of hydrogen-bond acceptors (Lipinski definition) is 3. The number of hydrogen-bond donors (Lipinski definition) is 1. The van der Waals surface area contributed by atoms with Gasteiger partial charge in [0.2, 0.25) is 0 Å². The van der Waals surface area contributed by atoms with Gasteiger partial charge in [-0.15, -0.1) is 11.3 Å². The zero-order valence-electron chi connectivity index (χ0n) is 8.62. The second-order valence-corrected chi connectivity index (χ2v) is 5.16. The van der Waals surface area contributed by atoms with E-state index in [9.17, 15) is 4.79 Å². The summed E-state index contributed by atoms with van der Waals surface area (Å²) in [5.41, 5.74) is 0.850. The Hall–Kier alpha value is -1.07. The lowest BCUT2D eigenvalue weighted by Gasteiger charge is -2.02. The first-order valence-electron chi connectivity index (χ1n) is 4.72. The first-order valence-corrected chi connectivity index (χ1v) is 6.40. The van der Waals surface area contributed by atoms with Crippen molar-refractivity contribution in [2.75, 3.05) is 0 Å². The Morgan fingerprint density at radius 2 is 2.38 bits per heavy atom. The van der Waals surface area contributed by atoms with Crippen LogP contribution < -0.4 is 5.32 Å². The highest BCUT2D eigenvalue weighted by Crippen LogP contribution is 2.22. The van der Waals surface area contributed by atoms with Crippen LogP contribution in [-0.2, 0) is 6.54 Å². The monoisotopic (exact) mass is 299 g/mol. The molecule has 0 unspecified atom stereocenters. The third kappa shape index (κ3) is 2.36. The van der Waals surface area contributed by atoms with Crippen LogP contribution in [-0.4, -0.2) is 5.91 Å². The predicted molar refractivity (Wildman–Crippen MR) is 66.6 cm³/mol. The van der Waals surface area contributed by atoms with Crippen molar-refractivity contribution in [3.8, 4) is 0 Å². The summed E-state index contributed by atoms with van der Waals surface area (Å²) in [4.78, 5) is 12.8. The summed E-state index contributed by atoms with van der Waals surface area (Å²) < 4.78 is 6.13. The maximum absolute atomic E-state index is 11.7. The zero-order chi connectivity index (χ0) is 11.5. The molecule has 2 aromatic heterocycles. The summed E-state index contributed by atoms with van der Waals surface area (Å²) >= 11 is 5.02. The second kappa shape index (κ2) is 4.84. The van der Waals surface area contributed by atoms with Crippen molar-refractivity contribution >= 4 is 33.2 Å². The average Bonchev–Trinajstić information content (AvgIpc) is 2.84. The Labute approximate surface area is 106 Å². The fourth-order valence-corrected chi connectivity index (χ4v) is 2.73. The van der Waals surface area contributed by atoms with Crippen LogP contribution in [0.1, 0.15) is 21.0 Å². The van der Waals surface area contributed by atoms with Gasteiger partial charge in [0, 0.05) is 14.9 Å².